The Balaban J connectivity index is 1.31. The summed E-state index contributed by atoms with van der Waals surface area (Å²) in [6.07, 6.45) is 6.92. The standard InChI is InChI=1S/C23H19F3N6O/c1-14-10-29-19(8-17(14)23(24,25)26)31-21(33)22(4-5-22)9-16-3-2-15(11-28-16)18-12-30-20-13-27-6-7-32(18)20/h2-3,6-8,10-13H,4-5,9H2,1H3,(H,29,31,33). The van der Waals surface area contributed by atoms with E-state index in [1.54, 1.807) is 24.8 Å². The van der Waals surface area contributed by atoms with Gasteiger partial charge in [-0.15, -0.1) is 0 Å². The lowest BCUT2D eigenvalue weighted by molar-refractivity contribution is -0.138. The van der Waals surface area contributed by atoms with Crippen LogP contribution in [0, 0.1) is 12.3 Å². The number of anilines is 1. The Morgan fingerprint density at radius 3 is 2.64 bits per heavy atom. The number of hydrogen-bond donors (Lipinski definition) is 1. The van der Waals surface area contributed by atoms with Gasteiger partial charge in [0.15, 0.2) is 5.65 Å². The van der Waals surface area contributed by atoms with Crippen molar-refractivity contribution in [1.82, 2.24) is 24.3 Å². The van der Waals surface area contributed by atoms with E-state index in [1.807, 2.05) is 22.7 Å². The zero-order chi connectivity index (χ0) is 23.2. The highest BCUT2D eigenvalue weighted by atomic mass is 19.4. The number of imidazole rings is 1. The summed E-state index contributed by atoms with van der Waals surface area (Å²) >= 11 is 0. The van der Waals surface area contributed by atoms with E-state index in [0.717, 1.165) is 34.9 Å². The fourth-order valence-corrected chi connectivity index (χ4v) is 3.86. The Morgan fingerprint density at radius 1 is 1.12 bits per heavy atom. The highest BCUT2D eigenvalue weighted by Crippen LogP contribution is 2.49. The molecule has 7 nitrogen and oxygen atoms in total. The number of carbonyl (C=O) groups is 1. The average molecular weight is 452 g/mol. The van der Waals surface area contributed by atoms with Crippen molar-refractivity contribution >= 4 is 17.4 Å². The maximum atomic E-state index is 13.2. The zero-order valence-electron chi connectivity index (χ0n) is 17.6. The van der Waals surface area contributed by atoms with Crippen LogP contribution in [0.1, 0.15) is 29.7 Å². The predicted octanol–water partition coefficient (Wildman–Crippen LogP) is 4.47. The second-order valence-electron chi connectivity index (χ2n) is 8.28. The first kappa shape index (κ1) is 21.0. The van der Waals surface area contributed by atoms with Crippen LogP contribution in [0.3, 0.4) is 0 Å². The van der Waals surface area contributed by atoms with Crippen molar-refractivity contribution in [3.8, 4) is 11.3 Å². The first-order valence-electron chi connectivity index (χ1n) is 10.3. The number of alkyl halides is 3. The van der Waals surface area contributed by atoms with Gasteiger partial charge in [-0.05, 0) is 43.5 Å². The third-order valence-corrected chi connectivity index (χ3v) is 5.94. The number of rotatable bonds is 5. The summed E-state index contributed by atoms with van der Waals surface area (Å²) in [6.45, 7) is 1.34. The van der Waals surface area contributed by atoms with Crippen molar-refractivity contribution in [3.05, 3.63) is 72.2 Å². The molecule has 1 saturated carbocycles. The van der Waals surface area contributed by atoms with Crippen LogP contribution < -0.4 is 5.32 Å². The lowest BCUT2D eigenvalue weighted by Gasteiger charge is -2.16. The minimum absolute atomic E-state index is 0.00755. The molecular weight excluding hydrogens is 433 g/mol. The van der Waals surface area contributed by atoms with Crippen LogP contribution in [-0.2, 0) is 17.4 Å². The normalized spacial score (nSPS) is 14.9. The van der Waals surface area contributed by atoms with E-state index in [0.29, 0.717) is 19.3 Å². The second kappa shape index (κ2) is 7.65. The van der Waals surface area contributed by atoms with Crippen LogP contribution >= 0.6 is 0 Å². The molecule has 1 aliphatic carbocycles. The summed E-state index contributed by atoms with van der Waals surface area (Å²) in [5.74, 6) is -0.443. The number of halogens is 3. The monoisotopic (exact) mass is 452 g/mol. The van der Waals surface area contributed by atoms with Gasteiger partial charge in [-0.25, -0.2) is 9.97 Å². The van der Waals surface area contributed by atoms with Crippen LogP contribution in [0.2, 0.25) is 0 Å². The van der Waals surface area contributed by atoms with E-state index in [9.17, 15) is 18.0 Å². The van der Waals surface area contributed by atoms with Crippen molar-refractivity contribution < 1.29 is 18.0 Å². The number of pyridine rings is 2. The Kier molecular flexibility index (Phi) is 4.88. The minimum atomic E-state index is -4.51. The molecule has 0 bridgehead atoms. The summed E-state index contributed by atoms with van der Waals surface area (Å²) in [7, 11) is 0. The molecule has 10 heteroatoms. The van der Waals surface area contributed by atoms with Gasteiger partial charge >= 0.3 is 6.18 Å². The zero-order valence-corrected chi connectivity index (χ0v) is 17.6. The minimum Gasteiger partial charge on any atom is -0.310 e. The lowest BCUT2D eigenvalue weighted by Crippen LogP contribution is -2.27. The molecule has 0 saturated heterocycles. The first-order valence-corrected chi connectivity index (χ1v) is 10.3. The quantitative estimate of drug-likeness (QED) is 0.483. The van der Waals surface area contributed by atoms with Gasteiger partial charge in [0.05, 0.1) is 29.1 Å². The van der Waals surface area contributed by atoms with Gasteiger partial charge in [0.25, 0.3) is 0 Å². The molecule has 1 amide bonds. The van der Waals surface area contributed by atoms with Gasteiger partial charge < -0.3 is 5.32 Å². The molecule has 0 atom stereocenters. The molecule has 1 fully saturated rings. The van der Waals surface area contributed by atoms with Crippen molar-refractivity contribution in [2.75, 3.05) is 5.32 Å². The third kappa shape index (κ3) is 4.04. The summed E-state index contributed by atoms with van der Waals surface area (Å²) in [4.78, 5) is 29.7. The fourth-order valence-electron chi connectivity index (χ4n) is 3.86. The molecule has 1 N–H and O–H groups in total. The van der Waals surface area contributed by atoms with Gasteiger partial charge in [-0.2, -0.15) is 13.2 Å². The molecule has 0 aliphatic heterocycles. The number of aryl methyl sites for hydroxylation is 1. The number of nitrogens with one attached hydrogen (secondary N) is 1. The van der Waals surface area contributed by atoms with Crippen molar-refractivity contribution in [2.45, 2.75) is 32.4 Å². The van der Waals surface area contributed by atoms with E-state index in [2.05, 4.69) is 25.3 Å². The molecule has 0 unspecified atom stereocenters. The summed E-state index contributed by atoms with van der Waals surface area (Å²) in [5.41, 5.74) is 1.71. The van der Waals surface area contributed by atoms with E-state index in [1.165, 1.54) is 6.92 Å². The third-order valence-electron chi connectivity index (χ3n) is 5.94. The molecule has 168 valence electrons. The molecule has 0 aromatic carbocycles. The molecule has 4 aromatic rings. The van der Waals surface area contributed by atoms with Crippen LogP contribution in [0.15, 0.2) is 55.4 Å². The van der Waals surface area contributed by atoms with E-state index < -0.39 is 17.2 Å². The van der Waals surface area contributed by atoms with Crippen LogP contribution in [0.5, 0.6) is 0 Å². The molecule has 4 heterocycles. The molecule has 5 rings (SSSR count). The summed E-state index contributed by atoms with van der Waals surface area (Å²) in [6, 6.07) is 4.65. The number of amides is 1. The second-order valence-corrected chi connectivity index (χ2v) is 8.28. The number of fused-ring (bicyclic) bond motifs is 1. The van der Waals surface area contributed by atoms with E-state index in [-0.39, 0.29) is 17.3 Å². The smallest absolute Gasteiger partial charge is 0.310 e. The number of aromatic nitrogens is 5. The highest BCUT2D eigenvalue weighted by Gasteiger charge is 2.50. The molecular formula is C23H19F3N6O. The maximum Gasteiger partial charge on any atom is 0.416 e. The van der Waals surface area contributed by atoms with Crippen molar-refractivity contribution in [3.63, 3.8) is 0 Å². The van der Waals surface area contributed by atoms with Gasteiger partial charge in [0.2, 0.25) is 5.91 Å². The maximum absolute atomic E-state index is 13.2. The van der Waals surface area contributed by atoms with Crippen LogP contribution in [-0.4, -0.2) is 30.2 Å². The van der Waals surface area contributed by atoms with Gasteiger partial charge in [-0.1, -0.05) is 0 Å². The lowest BCUT2D eigenvalue weighted by atomic mass is 9.98. The molecule has 33 heavy (non-hydrogen) atoms. The van der Waals surface area contributed by atoms with Gasteiger partial charge in [0, 0.05) is 42.5 Å². The Hall–Kier alpha value is -3.82. The number of carbonyl (C=O) groups excluding carboxylic acids is 1. The van der Waals surface area contributed by atoms with E-state index in [4.69, 9.17) is 0 Å². The molecule has 0 radical (unpaired) electrons. The van der Waals surface area contributed by atoms with Gasteiger partial charge in [0.1, 0.15) is 5.82 Å². The van der Waals surface area contributed by atoms with E-state index >= 15 is 0 Å². The molecule has 4 aromatic heterocycles. The number of hydrogen-bond acceptors (Lipinski definition) is 5. The van der Waals surface area contributed by atoms with Crippen molar-refractivity contribution in [2.24, 2.45) is 5.41 Å². The van der Waals surface area contributed by atoms with Crippen molar-refractivity contribution in [1.29, 1.82) is 0 Å². The summed E-state index contributed by atoms with van der Waals surface area (Å²) < 4.78 is 41.4. The largest absolute Gasteiger partial charge is 0.416 e. The average Bonchev–Trinajstić information content (AvgIpc) is 3.45. The van der Waals surface area contributed by atoms with Gasteiger partial charge in [-0.3, -0.25) is 19.2 Å². The highest BCUT2D eigenvalue weighted by molar-refractivity contribution is 5.96. The predicted molar refractivity (Wildman–Crippen MR) is 114 cm³/mol. The molecule has 1 aliphatic rings. The Labute approximate surface area is 186 Å². The summed E-state index contributed by atoms with van der Waals surface area (Å²) in [5, 5.41) is 2.56. The topological polar surface area (TPSA) is 85.1 Å². The number of nitrogens with zero attached hydrogens (tertiary/aromatic N) is 5. The first-order chi connectivity index (χ1) is 15.7. The van der Waals surface area contributed by atoms with Crippen LogP contribution in [0.25, 0.3) is 16.9 Å². The Morgan fingerprint density at radius 2 is 1.94 bits per heavy atom. The SMILES string of the molecule is Cc1cnc(NC(=O)C2(Cc3ccc(-c4cnc5cnccn45)cn3)CC2)cc1C(F)(F)F. The Bertz CT molecular complexity index is 1340. The fraction of sp³-hybridized carbons (Fsp3) is 0.261. The van der Waals surface area contributed by atoms with Crippen LogP contribution in [0.4, 0.5) is 19.0 Å². The molecule has 0 spiro atoms.